The zero-order valence-electron chi connectivity index (χ0n) is 8.78. The fraction of sp³-hybridized carbons (Fsp3) is 0. The molecule has 7 heteroatoms. The maximum atomic E-state index is 11.7. The molecule has 0 amide bonds. The summed E-state index contributed by atoms with van der Waals surface area (Å²) in [5, 5.41) is 8.79. The smallest absolute Gasteiger partial charge is 0.297 e. The molecule has 0 saturated heterocycles. The van der Waals surface area contributed by atoms with Crippen molar-refractivity contribution in [3.8, 4) is 11.8 Å². The first-order valence-corrected chi connectivity index (χ1v) is 5.50. The maximum Gasteiger partial charge on any atom is 0.334 e. The summed E-state index contributed by atoms with van der Waals surface area (Å²) in [6.45, 7) is 0. The van der Waals surface area contributed by atoms with E-state index in [0.717, 1.165) is 10.6 Å². The summed E-state index contributed by atoms with van der Waals surface area (Å²) in [6, 6.07) is 7.23. The van der Waals surface area contributed by atoms with E-state index in [-0.39, 0.29) is 15.9 Å². The molecule has 1 aromatic carbocycles. The third kappa shape index (κ3) is 2.16. The monoisotopic (exact) mass is 281 g/mol. The highest BCUT2D eigenvalue weighted by atomic mass is 35.5. The molecule has 0 fully saturated rings. The van der Waals surface area contributed by atoms with Crippen LogP contribution in [0.4, 0.5) is 0 Å². The van der Waals surface area contributed by atoms with Crippen molar-refractivity contribution in [1.29, 1.82) is 5.26 Å². The van der Waals surface area contributed by atoms with Gasteiger partial charge in [-0.15, -0.1) is 0 Å². The van der Waals surface area contributed by atoms with E-state index in [4.69, 9.17) is 28.5 Å². The van der Waals surface area contributed by atoms with Gasteiger partial charge in [0.25, 0.3) is 5.56 Å². The second-order valence-corrected chi connectivity index (χ2v) is 4.19. The highest BCUT2D eigenvalue weighted by Gasteiger charge is 2.10. The van der Waals surface area contributed by atoms with E-state index >= 15 is 0 Å². The molecular formula is C11H5Cl2N3O2. The lowest BCUT2D eigenvalue weighted by Crippen LogP contribution is -2.33. The fourth-order valence-electron chi connectivity index (χ4n) is 1.45. The van der Waals surface area contributed by atoms with Crippen molar-refractivity contribution in [2.75, 3.05) is 0 Å². The standard InChI is InChI=1S/C11H5Cl2N3O2/c12-7-3-6(5-14)1-2-8(7)16-10(17)4-9(13)15-11(16)18/h1-4H,(H,15,18). The molecule has 90 valence electrons. The first-order valence-electron chi connectivity index (χ1n) is 4.75. The van der Waals surface area contributed by atoms with Crippen LogP contribution in [0.1, 0.15) is 5.56 Å². The van der Waals surface area contributed by atoms with Gasteiger partial charge in [0.05, 0.1) is 22.3 Å². The van der Waals surface area contributed by atoms with E-state index in [9.17, 15) is 9.59 Å². The molecule has 5 nitrogen and oxygen atoms in total. The van der Waals surface area contributed by atoms with Gasteiger partial charge in [0.2, 0.25) is 0 Å². The molecule has 18 heavy (non-hydrogen) atoms. The Bertz CT molecular complexity index is 740. The Balaban J connectivity index is 2.75. The third-order valence-electron chi connectivity index (χ3n) is 2.22. The Morgan fingerprint density at radius 3 is 2.50 bits per heavy atom. The van der Waals surface area contributed by atoms with E-state index in [2.05, 4.69) is 4.98 Å². The van der Waals surface area contributed by atoms with Crippen LogP contribution in [0.15, 0.2) is 33.9 Å². The Morgan fingerprint density at radius 2 is 1.94 bits per heavy atom. The molecule has 0 bridgehead atoms. The average molecular weight is 282 g/mol. The van der Waals surface area contributed by atoms with Crippen LogP contribution in [-0.4, -0.2) is 9.55 Å². The topological polar surface area (TPSA) is 78.7 Å². The van der Waals surface area contributed by atoms with Gasteiger partial charge in [0.1, 0.15) is 5.15 Å². The number of rotatable bonds is 1. The van der Waals surface area contributed by atoms with Crippen molar-refractivity contribution >= 4 is 23.2 Å². The highest BCUT2D eigenvalue weighted by Crippen LogP contribution is 2.19. The first kappa shape index (κ1) is 12.4. The third-order valence-corrected chi connectivity index (χ3v) is 2.72. The predicted molar refractivity (Wildman–Crippen MR) is 67.4 cm³/mol. The molecule has 0 spiro atoms. The van der Waals surface area contributed by atoms with Crippen molar-refractivity contribution in [3.63, 3.8) is 0 Å². The lowest BCUT2D eigenvalue weighted by atomic mass is 10.2. The van der Waals surface area contributed by atoms with Gasteiger partial charge >= 0.3 is 5.69 Å². The summed E-state index contributed by atoms with van der Waals surface area (Å²) in [5.74, 6) is 0. The minimum absolute atomic E-state index is 0.0500. The Morgan fingerprint density at radius 1 is 1.22 bits per heavy atom. The quantitative estimate of drug-likeness (QED) is 0.808. The summed E-state index contributed by atoms with van der Waals surface area (Å²) in [6.07, 6.45) is 0. The van der Waals surface area contributed by atoms with Crippen LogP contribution in [0.2, 0.25) is 10.2 Å². The molecule has 0 aliphatic carbocycles. The van der Waals surface area contributed by atoms with Gasteiger partial charge in [-0.3, -0.25) is 9.78 Å². The Hall–Kier alpha value is -2.03. The van der Waals surface area contributed by atoms with Gasteiger partial charge in [-0.05, 0) is 18.2 Å². The number of aromatic amines is 1. The number of aromatic nitrogens is 2. The van der Waals surface area contributed by atoms with Gasteiger partial charge in [-0.25, -0.2) is 9.36 Å². The first-order chi connectivity index (χ1) is 8.52. The largest absolute Gasteiger partial charge is 0.334 e. The maximum absolute atomic E-state index is 11.7. The van der Waals surface area contributed by atoms with Gasteiger partial charge in [-0.2, -0.15) is 5.26 Å². The minimum Gasteiger partial charge on any atom is -0.297 e. The molecule has 0 saturated carbocycles. The number of halogens is 2. The van der Waals surface area contributed by atoms with Crippen molar-refractivity contribution in [2.45, 2.75) is 0 Å². The molecule has 2 aromatic rings. The molecular weight excluding hydrogens is 277 g/mol. The number of nitrogens with zero attached hydrogens (tertiary/aromatic N) is 2. The number of nitrogens with one attached hydrogen (secondary N) is 1. The van der Waals surface area contributed by atoms with E-state index in [1.54, 1.807) is 0 Å². The second kappa shape index (κ2) is 4.69. The summed E-state index contributed by atoms with van der Waals surface area (Å²) >= 11 is 11.5. The number of hydrogen-bond donors (Lipinski definition) is 1. The highest BCUT2D eigenvalue weighted by molar-refractivity contribution is 6.32. The lowest BCUT2D eigenvalue weighted by molar-refractivity contribution is 0.876. The van der Waals surface area contributed by atoms with Crippen molar-refractivity contribution in [1.82, 2.24) is 9.55 Å². The number of H-pyrrole nitrogens is 1. The van der Waals surface area contributed by atoms with Crippen LogP contribution in [0.3, 0.4) is 0 Å². The fourth-order valence-corrected chi connectivity index (χ4v) is 1.89. The van der Waals surface area contributed by atoms with Crippen molar-refractivity contribution in [3.05, 3.63) is 60.8 Å². The summed E-state index contributed by atoms with van der Waals surface area (Å²) in [5.41, 5.74) is -0.768. The SMILES string of the molecule is N#Cc1ccc(-n2c(=O)cc(Cl)[nH]c2=O)c(Cl)c1. The molecule has 0 aliphatic rings. The normalized spacial score (nSPS) is 10.1. The molecule has 1 N–H and O–H groups in total. The summed E-state index contributed by atoms with van der Waals surface area (Å²) in [7, 11) is 0. The van der Waals surface area contributed by atoms with Gasteiger partial charge in [-0.1, -0.05) is 23.2 Å². The van der Waals surface area contributed by atoms with Gasteiger partial charge in [0.15, 0.2) is 0 Å². The van der Waals surface area contributed by atoms with Crippen LogP contribution in [0, 0.1) is 11.3 Å². The minimum atomic E-state index is -0.695. The molecule has 0 aliphatic heterocycles. The lowest BCUT2D eigenvalue weighted by Gasteiger charge is -2.06. The average Bonchev–Trinajstić information content (AvgIpc) is 2.29. The van der Waals surface area contributed by atoms with Gasteiger partial charge < -0.3 is 0 Å². The molecule has 0 radical (unpaired) electrons. The number of hydrogen-bond acceptors (Lipinski definition) is 3. The van der Waals surface area contributed by atoms with Crippen molar-refractivity contribution < 1.29 is 0 Å². The molecule has 0 unspecified atom stereocenters. The number of nitriles is 1. The van der Waals surface area contributed by atoms with Crippen LogP contribution in [0.25, 0.3) is 5.69 Å². The Labute approximate surface area is 111 Å². The zero-order chi connectivity index (χ0) is 13.3. The van der Waals surface area contributed by atoms with E-state index in [0.29, 0.717) is 5.56 Å². The predicted octanol–water partition coefficient (Wildman–Crippen LogP) is 1.70. The second-order valence-electron chi connectivity index (χ2n) is 3.37. The molecule has 1 heterocycles. The molecule has 0 atom stereocenters. The van der Waals surface area contributed by atoms with Gasteiger partial charge in [0, 0.05) is 6.07 Å². The zero-order valence-corrected chi connectivity index (χ0v) is 10.3. The van der Waals surface area contributed by atoms with Crippen LogP contribution >= 0.6 is 23.2 Å². The Kier molecular flexibility index (Phi) is 3.24. The van der Waals surface area contributed by atoms with E-state index < -0.39 is 11.2 Å². The van der Waals surface area contributed by atoms with Crippen LogP contribution in [-0.2, 0) is 0 Å². The number of benzene rings is 1. The summed E-state index contributed by atoms with van der Waals surface area (Å²) in [4.78, 5) is 25.7. The summed E-state index contributed by atoms with van der Waals surface area (Å²) < 4.78 is 0.843. The van der Waals surface area contributed by atoms with E-state index in [1.165, 1.54) is 18.2 Å². The molecule has 1 aromatic heterocycles. The van der Waals surface area contributed by atoms with Crippen LogP contribution in [0.5, 0.6) is 0 Å². The van der Waals surface area contributed by atoms with E-state index in [1.807, 2.05) is 6.07 Å². The van der Waals surface area contributed by atoms with Crippen LogP contribution < -0.4 is 11.2 Å². The molecule has 2 rings (SSSR count). The van der Waals surface area contributed by atoms with Crippen molar-refractivity contribution in [2.24, 2.45) is 0 Å².